The van der Waals surface area contributed by atoms with Gasteiger partial charge in [0.2, 0.25) is 0 Å². The van der Waals surface area contributed by atoms with Crippen molar-refractivity contribution in [3.05, 3.63) is 41.0 Å². The molecule has 0 N–H and O–H groups in total. The summed E-state index contributed by atoms with van der Waals surface area (Å²) in [5, 5.41) is 0. The van der Waals surface area contributed by atoms with Crippen LogP contribution in [-0.4, -0.2) is 19.2 Å². The van der Waals surface area contributed by atoms with Crippen LogP contribution in [0.1, 0.15) is 0 Å². The molecule has 0 aliphatic carbocycles. The SMILES string of the molecule is COc1ccc(-c2cccc(Br)n2)c(OC)c1. The highest BCUT2D eigenvalue weighted by molar-refractivity contribution is 9.10. The first-order valence-corrected chi connectivity index (χ1v) is 5.89. The number of halogens is 1. The maximum Gasteiger partial charge on any atom is 0.131 e. The van der Waals surface area contributed by atoms with Gasteiger partial charge in [-0.1, -0.05) is 6.07 Å². The molecule has 4 heteroatoms. The maximum absolute atomic E-state index is 5.35. The third kappa shape index (κ3) is 2.58. The second-order valence-electron chi connectivity index (χ2n) is 3.41. The van der Waals surface area contributed by atoms with Gasteiger partial charge in [0.1, 0.15) is 16.1 Å². The van der Waals surface area contributed by atoms with Gasteiger partial charge in [0, 0.05) is 11.6 Å². The van der Waals surface area contributed by atoms with Crippen LogP contribution in [0.3, 0.4) is 0 Å². The summed E-state index contributed by atoms with van der Waals surface area (Å²) in [6.45, 7) is 0. The molecule has 3 nitrogen and oxygen atoms in total. The molecule has 0 saturated carbocycles. The van der Waals surface area contributed by atoms with Crippen molar-refractivity contribution < 1.29 is 9.47 Å². The van der Waals surface area contributed by atoms with E-state index in [9.17, 15) is 0 Å². The highest BCUT2D eigenvalue weighted by Gasteiger charge is 2.08. The molecule has 0 amide bonds. The molecule has 0 spiro atoms. The molecule has 1 aromatic carbocycles. The number of hydrogen-bond acceptors (Lipinski definition) is 3. The van der Waals surface area contributed by atoms with Gasteiger partial charge in [0.05, 0.1) is 19.9 Å². The van der Waals surface area contributed by atoms with Crippen molar-refractivity contribution in [3.63, 3.8) is 0 Å². The van der Waals surface area contributed by atoms with E-state index >= 15 is 0 Å². The molecule has 0 bridgehead atoms. The Hall–Kier alpha value is -1.55. The van der Waals surface area contributed by atoms with Gasteiger partial charge in [-0.3, -0.25) is 0 Å². The molecule has 88 valence electrons. The third-order valence-corrected chi connectivity index (χ3v) is 2.84. The molecule has 0 aliphatic rings. The van der Waals surface area contributed by atoms with Crippen LogP contribution in [0.2, 0.25) is 0 Å². The molecule has 2 aromatic rings. The fourth-order valence-corrected chi connectivity index (χ4v) is 1.91. The Bertz CT molecular complexity index is 529. The predicted molar refractivity (Wildman–Crippen MR) is 70.5 cm³/mol. The lowest BCUT2D eigenvalue weighted by molar-refractivity contribution is 0.395. The maximum atomic E-state index is 5.35. The fraction of sp³-hybridized carbons (Fsp3) is 0.154. The van der Waals surface area contributed by atoms with Crippen LogP contribution in [0.15, 0.2) is 41.0 Å². The fourth-order valence-electron chi connectivity index (χ4n) is 1.57. The van der Waals surface area contributed by atoms with E-state index in [1.54, 1.807) is 14.2 Å². The lowest BCUT2D eigenvalue weighted by Gasteiger charge is -2.10. The average Bonchev–Trinajstić information content (AvgIpc) is 2.38. The van der Waals surface area contributed by atoms with Crippen LogP contribution in [0.25, 0.3) is 11.3 Å². The summed E-state index contributed by atoms with van der Waals surface area (Å²) in [4.78, 5) is 4.40. The Labute approximate surface area is 109 Å². The molecule has 0 aliphatic heterocycles. The first kappa shape index (κ1) is 11.9. The molecule has 2 rings (SSSR count). The normalized spacial score (nSPS) is 10.1. The summed E-state index contributed by atoms with van der Waals surface area (Å²) in [7, 11) is 3.27. The molecule has 0 atom stereocenters. The smallest absolute Gasteiger partial charge is 0.131 e. The minimum atomic E-state index is 0.745. The average molecular weight is 294 g/mol. The Balaban J connectivity index is 2.51. The van der Waals surface area contributed by atoms with Crippen LogP contribution in [0.4, 0.5) is 0 Å². The van der Waals surface area contributed by atoms with Gasteiger partial charge in [-0.05, 0) is 40.2 Å². The van der Waals surface area contributed by atoms with Gasteiger partial charge in [0.25, 0.3) is 0 Å². The number of aromatic nitrogens is 1. The summed E-state index contributed by atoms with van der Waals surface area (Å²) >= 11 is 3.36. The van der Waals surface area contributed by atoms with Gasteiger partial charge in [-0.15, -0.1) is 0 Å². The molecule has 0 saturated heterocycles. The topological polar surface area (TPSA) is 31.4 Å². The molecule has 0 fully saturated rings. The third-order valence-electron chi connectivity index (χ3n) is 2.40. The van der Waals surface area contributed by atoms with Crippen molar-refractivity contribution in [1.82, 2.24) is 4.98 Å². The number of ether oxygens (including phenoxy) is 2. The number of pyridine rings is 1. The number of rotatable bonds is 3. The van der Waals surface area contributed by atoms with E-state index < -0.39 is 0 Å². The van der Waals surface area contributed by atoms with Gasteiger partial charge in [0.15, 0.2) is 0 Å². The predicted octanol–water partition coefficient (Wildman–Crippen LogP) is 3.53. The van der Waals surface area contributed by atoms with Crippen molar-refractivity contribution in [3.8, 4) is 22.8 Å². The summed E-state index contributed by atoms with van der Waals surface area (Å²) in [6, 6.07) is 11.4. The number of benzene rings is 1. The quantitative estimate of drug-likeness (QED) is 0.812. The lowest BCUT2D eigenvalue weighted by Crippen LogP contribution is -1.92. The highest BCUT2D eigenvalue weighted by atomic mass is 79.9. The van der Waals surface area contributed by atoms with Crippen LogP contribution in [0, 0.1) is 0 Å². The van der Waals surface area contributed by atoms with Gasteiger partial charge in [-0.25, -0.2) is 4.98 Å². The lowest BCUT2D eigenvalue weighted by atomic mass is 10.1. The summed E-state index contributed by atoms with van der Waals surface area (Å²) in [5.74, 6) is 1.51. The molecular weight excluding hydrogens is 282 g/mol. The molecule has 0 radical (unpaired) electrons. The van der Waals surface area contributed by atoms with E-state index in [-0.39, 0.29) is 0 Å². The van der Waals surface area contributed by atoms with E-state index in [2.05, 4.69) is 20.9 Å². The Morgan fingerprint density at radius 2 is 1.88 bits per heavy atom. The van der Waals surface area contributed by atoms with Crippen LogP contribution >= 0.6 is 15.9 Å². The highest BCUT2D eigenvalue weighted by Crippen LogP contribution is 2.32. The van der Waals surface area contributed by atoms with Crippen LogP contribution in [0.5, 0.6) is 11.5 Å². The van der Waals surface area contributed by atoms with Crippen LogP contribution in [-0.2, 0) is 0 Å². The van der Waals surface area contributed by atoms with E-state index in [1.165, 1.54) is 0 Å². The number of nitrogens with zero attached hydrogens (tertiary/aromatic N) is 1. The van der Waals surface area contributed by atoms with Crippen LogP contribution < -0.4 is 9.47 Å². The van der Waals surface area contributed by atoms with E-state index in [4.69, 9.17) is 9.47 Å². The molecular formula is C13H12BrNO2. The monoisotopic (exact) mass is 293 g/mol. The van der Waals surface area contributed by atoms with Gasteiger partial charge < -0.3 is 9.47 Å². The number of methoxy groups -OCH3 is 2. The molecule has 17 heavy (non-hydrogen) atoms. The van der Waals surface area contributed by atoms with Crippen molar-refractivity contribution in [1.29, 1.82) is 0 Å². The van der Waals surface area contributed by atoms with Gasteiger partial charge in [-0.2, -0.15) is 0 Å². The summed E-state index contributed by atoms with van der Waals surface area (Å²) in [5.41, 5.74) is 1.80. The minimum absolute atomic E-state index is 0.745. The second kappa shape index (κ2) is 5.19. The van der Waals surface area contributed by atoms with Crippen molar-refractivity contribution in [2.24, 2.45) is 0 Å². The number of hydrogen-bond donors (Lipinski definition) is 0. The Kier molecular flexibility index (Phi) is 3.64. The largest absolute Gasteiger partial charge is 0.497 e. The molecule has 1 aromatic heterocycles. The Morgan fingerprint density at radius 3 is 2.53 bits per heavy atom. The first-order chi connectivity index (χ1) is 8.24. The second-order valence-corrected chi connectivity index (χ2v) is 4.22. The van der Waals surface area contributed by atoms with E-state index in [1.807, 2.05) is 36.4 Å². The Morgan fingerprint density at radius 1 is 1.06 bits per heavy atom. The van der Waals surface area contributed by atoms with Gasteiger partial charge >= 0.3 is 0 Å². The van der Waals surface area contributed by atoms with Crippen molar-refractivity contribution >= 4 is 15.9 Å². The first-order valence-electron chi connectivity index (χ1n) is 5.09. The van der Waals surface area contributed by atoms with Crippen molar-refractivity contribution in [2.45, 2.75) is 0 Å². The van der Waals surface area contributed by atoms with Crippen molar-refractivity contribution in [2.75, 3.05) is 14.2 Å². The molecule has 1 heterocycles. The van der Waals surface area contributed by atoms with E-state index in [0.29, 0.717) is 0 Å². The zero-order chi connectivity index (χ0) is 12.3. The van der Waals surface area contributed by atoms with E-state index in [0.717, 1.165) is 27.4 Å². The summed E-state index contributed by atoms with van der Waals surface area (Å²) in [6.07, 6.45) is 0. The standard InChI is InChI=1S/C13H12BrNO2/c1-16-9-6-7-10(12(8-9)17-2)11-4-3-5-13(14)15-11/h3-8H,1-2H3. The minimum Gasteiger partial charge on any atom is -0.497 e. The molecule has 0 unspecified atom stereocenters. The summed E-state index contributed by atoms with van der Waals surface area (Å²) < 4.78 is 11.3. The zero-order valence-electron chi connectivity index (χ0n) is 9.61. The zero-order valence-corrected chi connectivity index (χ0v) is 11.2.